The van der Waals surface area contributed by atoms with Crippen LogP contribution in [0.1, 0.15) is 19.5 Å². The van der Waals surface area contributed by atoms with Crippen LogP contribution in [-0.2, 0) is 16.1 Å². The van der Waals surface area contributed by atoms with Crippen LogP contribution in [0.5, 0.6) is 0 Å². The van der Waals surface area contributed by atoms with Crippen LogP contribution in [0.4, 0.5) is 0 Å². The molecule has 1 amide bonds. The van der Waals surface area contributed by atoms with Crippen molar-refractivity contribution < 1.29 is 14.6 Å². The van der Waals surface area contributed by atoms with E-state index in [4.69, 9.17) is 4.74 Å². The van der Waals surface area contributed by atoms with Crippen LogP contribution in [0.2, 0.25) is 0 Å². The lowest BCUT2D eigenvalue weighted by Crippen LogP contribution is -2.48. The van der Waals surface area contributed by atoms with Crippen molar-refractivity contribution in [3.05, 3.63) is 30.1 Å². The third kappa shape index (κ3) is 5.73. The first-order valence-electron chi connectivity index (χ1n) is 10.3. The zero-order valence-electron chi connectivity index (χ0n) is 17.3. The normalized spacial score (nSPS) is 28.8. The molecule has 2 fully saturated rings. The van der Waals surface area contributed by atoms with Crippen molar-refractivity contribution in [2.45, 2.75) is 32.6 Å². The van der Waals surface area contributed by atoms with Crippen LogP contribution in [0.3, 0.4) is 0 Å². The average molecular weight is 391 g/mol. The predicted molar refractivity (Wildman–Crippen MR) is 108 cm³/mol. The van der Waals surface area contributed by atoms with E-state index in [-0.39, 0.29) is 30.6 Å². The number of pyridine rings is 1. The molecule has 7 nitrogen and oxygen atoms in total. The summed E-state index contributed by atoms with van der Waals surface area (Å²) in [4.78, 5) is 23.5. The van der Waals surface area contributed by atoms with Crippen LogP contribution in [0, 0.1) is 11.8 Å². The topological polar surface area (TPSA) is 69.1 Å². The minimum atomic E-state index is 0.128. The van der Waals surface area contributed by atoms with Gasteiger partial charge in [-0.15, -0.1) is 0 Å². The lowest BCUT2D eigenvalue weighted by molar-refractivity contribution is -0.131. The highest BCUT2D eigenvalue weighted by atomic mass is 16.5. The fourth-order valence-electron chi connectivity index (χ4n) is 4.48. The third-order valence-corrected chi connectivity index (χ3v) is 5.71. The van der Waals surface area contributed by atoms with Crippen molar-refractivity contribution in [2.75, 3.05) is 52.9 Å². The van der Waals surface area contributed by atoms with Gasteiger partial charge in [-0.1, -0.05) is 6.07 Å². The summed E-state index contributed by atoms with van der Waals surface area (Å²) in [6.45, 7) is 9.48. The van der Waals surface area contributed by atoms with Gasteiger partial charge in [-0.3, -0.25) is 19.6 Å². The summed E-state index contributed by atoms with van der Waals surface area (Å²) in [7, 11) is 1.94. The second kappa shape index (κ2) is 9.78. The molecular formula is C21H34N4O3. The summed E-state index contributed by atoms with van der Waals surface area (Å²) in [5, 5.41) is 9.85. The molecule has 2 aliphatic heterocycles. The molecule has 156 valence electrons. The molecule has 1 aromatic rings. The smallest absolute Gasteiger partial charge is 0.236 e. The van der Waals surface area contributed by atoms with E-state index in [0.29, 0.717) is 25.6 Å². The Morgan fingerprint density at radius 1 is 1.21 bits per heavy atom. The Kier molecular flexibility index (Phi) is 7.40. The Hall–Kier alpha value is -1.54. The number of hydrogen-bond donors (Lipinski definition) is 1. The Bertz CT molecular complexity index is 619. The standard InChI is InChI=1S/C21H34N4O3/c1-16-8-24(9-17(2)28-16)10-18-11-25(12-19(18)15-26)21(27)14-23(3)13-20-6-4-5-7-22-20/h4-7,16-19,26H,8-15H2,1-3H3/t16-,17+,18-,19-/m1/s1. The van der Waals surface area contributed by atoms with E-state index in [0.717, 1.165) is 31.9 Å². The summed E-state index contributed by atoms with van der Waals surface area (Å²) in [6.07, 6.45) is 2.24. The number of amides is 1. The Labute approximate surface area is 168 Å². The van der Waals surface area contributed by atoms with Crippen molar-refractivity contribution >= 4 is 5.91 Å². The number of aromatic nitrogens is 1. The highest BCUT2D eigenvalue weighted by Gasteiger charge is 2.37. The molecule has 2 aliphatic rings. The molecule has 0 aromatic carbocycles. The number of aliphatic hydroxyl groups excluding tert-OH is 1. The molecular weight excluding hydrogens is 356 g/mol. The van der Waals surface area contributed by atoms with Crippen molar-refractivity contribution in [3.63, 3.8) is 0 Å². The maximum Gasteiger partial charge on any atom is 0.236 e. The molecule has 3 rings (SSSR count). The fraction of sp³-hybridized carbons (Fsp3) is 0.714. The second-order valence-electron chi connectivity index (χ2n) is 8.47. The van der Waals surface area contributed by atoms with Crippen molar-refractivity contribution in [3.8, 4) is 0 Å². The van der Waals surface area contributed by atoms with Crippen LogP contribution in [-0.4, -0.2) is 95.8 Å². The second-order valence-corrected chi connectivity index (χ2v) is 8.47. The summed E-state index contributed by atoms with van der Waals surface area (Å²) >= 11 is 0. The van der Waals surface area contributed by atoms with Gasteiger partial charge in [0.1, 0.15) is 0 Å². The molecule has 3 heterocycles. The highest BCUT2D eigenvalue weighted by molar-refractivity contribution is 5.78. The van der Waals surface area contributed by atoms with Gasteiger partial charge in [-0.25, -0.2) is 0 Å². The van der Waals surface area contributed by atoms with Gasteiger partial charge >= 0.3 is 0 Å². The van der Waals surface area contributed by atoms with Crippen molar-refractivity contribution in [1.29, 1.82) is 0 Å². The molecule has 2 saturated heterocycles. The van der Waals surface area contributed by atoms with E-state index in [9.17, 15) is 9.90 Å². The molecule has 0 spiro atoms. The SMILES string of the molecule is C[C@@H]1CN(C[C@@H]2CN(C(=O)CN(C)Cc3ccccn3)C[C@@H]2CO)C[C@H](C)O1. The van der Waals surface area contributed by atoms with Gasteiger partial charge in [0.05, 0.1) is 24.4 Å². The van der Waals surface area contributed by atoms with Gasteiger partial charge in [0.2, 0.25) is 5.91 Å². The Balaban J connectivity index is 1.51. The lowest BCUT2D eigenvalue weighted by Gasteiger charge is -2.37. The predicted octanol–water partition coefficient (Wildman–Crippen LogP) is 0.690. The lowest BCUT2D eigenvalue weighted by atomic mass is 9.96. The van der Waals surface area contributed by atoms with Crippen LogP contribution >= 0.6 is 0 Å². The van der Waals surface area contributed by atoms with E-state index >= 15 is 0 Å². The number of aliphatic hydroxyl groups is 1. The Morgan fingerprint density at radius 2 is 1.93 bits per heavy atom. The van der Waals surface area contributed by atoms with E-state index < -0.39 is 0 Å². The number of likely N-dealkylation sites (tertiary alicyclic amines) is 1. The summed E-state index contributed by atoms with van der Waals surface area (Å²) < 4.78 is 5.82. The molecule has 1 N–H and O–H groups in total. The van der Waals surface area contributed by atoms with Gasteiger partial charge in [-0.2, -0.15) is 0 Å². The van der Waals surface area contributed by atoms with E-state index in [1.54, 1.807) is 6.20 Å². The minimum absolute atomic E-state index is 0.128. The number of rotatable bonds is 7. The molecule has 0 bridgehead atoms. The number of hydrogen-bond acceptors (Lipinski definition) is 6. The zero-order chi connectivity index (χ0) is 20.1. The number of carbonyl (C=O) groups excluding carboxylic acids is 1. The van der Waals surface area contributed by atoms with Crippen molar-refractivity contribution in [2.24, 2.45) is 11.8 Å². The number of carbonyl (C=O) groups is 1. The maximum atomic E-state index is 12.8. The number of ether oxygens (including phenoxy) is 1. The van der Waals surface area contributed by atoms with Crippen LogP contribution in [0.15, 0.2) is 24.4 Å². The van der Waals surface area contributed by atoms with Crippen LogP contribution < -0.4 is 0 Å². The minimum Gasteiger partial charge on any atom is -0.396 e. The first-order chi connectivity index (χ1) is 13.4. The maximum absolute atomic E-state index is 12.8. The number of morpholine rings is 1. The summed E-state index contributed by atoms with van der Waals surface area (Å²) in [6, 6.07) is 5.82. The molecule has 0 unspecified atom stereocenters. The van der Waals surface area contributed by atoms with Gasteiger partial charge in [-0.05, 0) is 38.9 Å². The quantitative estimate of drug-likeness (QED) is 0.739. The van der Waals surface area contributed by atoms with Crippen molar-refractivity contribution in [1.82, 2.24) is 19.7 Å². The van der Waals surface area contributed by atoms with Gasteiger partial charge in [0, 0.05) is 58.0 Å². The summed E-state index contributed by atoms with van der Waals surface area (Å²) in [5.74, 6) is 0.592. The molecule has 1 aromatic heterocycles. The van der Waals surface area contributed by atoms with Gasteiger partial charge in [0.15, 0.2) is 0 Å². The molecule has 0 radical (unpaired) electrons. The molecule has 0 saturated carbocycles. The van der Waals surface area contributed by atoms with E-state index in [1.165, 1.54) is 0 Å². The number of likely N-dealkylation sites (N-methyl/N-ethyl adjacent to an activating group) is 1. The summed E-state index contributed by atoms with van der Waals surface area (Å²) in [5.41, 5.74) is 0.959. The van der Waals surface area contributed by atoms with Gasteiger partial charge in [0.25, 0.3) is 0 Å². The average Bonchev–Trinajstić information content (AvgIpc) is 3.04. The highest BCUT2D eigenvalue weighted by Crippen LogP contribution is 2.25. The van der Waals surface area contributed by atoms with E-state index in [2.05, 4.69) is 23.7 Å². The molecule has 4 atom stereocenters. The van der Waals surface area contributed by atoms with Gasteiger partial charge < -0.3 is 14.7 Å². The van der Waals surface area contributed by atoms with E-state index in [1.807, 2.05) is 35.0 Å². The first-order valence-corrected chi connectivity index (χ1v) is 10.3. The molecule has 28 heavy (non-hydrogen) atoms. The fourth-order valence-corrected chi connectivity index (χ4v) is 4.48. The van der Waals surface area contributed by atoms with Crippen LogP contribution in [0.25, 0.3) is 0 Å². The first kappa shape index (κ1) is 21.2. The monoisotopic (exact) mass is 390 g/mol. The Morgan fingerprint density at radius 3 is 2.57 bits per heavy atom. The molecule has 0 aliphatic carbocycles. The zero-order valence-corrected chi connectivity index (χ0v) is 17.3. The third-order valence-electron chi connectivity index (χ3n) is 5.71. The number of nitrogens with zero attached hydrogens (tertiary/aromatic N) is 4. The molecule has 7 heteroatoms. The largest absolute Gasteiger partial charge is 0.396 e.